The number of hydrogen-bond acceptors (Lipinski definition) is 0. The van der Waals surface area contributed by atoms with Gasteiger partial charge in [-0.25, -0.2) is 0 Å². The highest BCUT2D eigenvalue weighted by molar-refractivity contribution is 5.83. The van der Waals surface area contributed by atoms with E-state index < -0.39 is 11.6 Å². The van der Waals surface area contributed by atoms with Crippen LogP contribution >= 0.6 is 0 Å². The Labute approximate surface area is 179 Å². The molecule has 0 saturated heterocycles. The molecule has 0 N–H and O–H groups in total. The molecule has 3 rings (SSSR count). The van der Waals surface area contributed by atoms with E-state index in [1.54, 1.807) is 25.1 Å². The molecule has 0 heterocycles. The number of hydrogen-bond donors (Lipinski definition) is 0. The van der Waals surface area contributed by atoms with E-state index in [1.165, 1.54) is 6.92 Å². The Morgan fingerprint density at radius 3 is 1.63 bits per heavy atom. The predicted octanol–water partition coefficient (Wildman–Crippen LogP) is 8.59. The molecular weight excluding hydrogens is 381 g/mol. The summed E-state index contributed by atoms with van der Waals surface area (Å²) in [6.07, 6.45) is 3.59. The summed E-state index contributed by atoms with van der Waals surface area (Å²) in [5.41, 5.74) is -1.09. The van der Waals surface area contributed by atoms with Crippen LogP contribution in [-0.4, -0.2) is 6.18 Å². The zero-order chi connectivity index (χ0) is 23.2. The lowest BCUT2D eigenvalue weighted by Crippen LogP contribution is -2.39. The van der Waals surface area contributed by atoms with E-state index in [2.05, 4.69) is 19.4 Å². The molecule has 0 saturated carbocycles. The minimum Gasteiger partial charge on any atom is -0.170 e. The number of halogens is 3. The molecule has 160 valence electrons. The van der Waals surface area contributed by atoms with E-state index >= 15 is 0 Å². The van der Waals surface area contributed by atoms with Gasteiger partial charge in [-0.3, -0.25) is 0 Å². The zero-order valence-corrected chi connectivity index (χ0v) is 18.2. The number of fused-ring (bicyclic) bond motifs is 1. The third-order valence-electron chi connectivity index (χ3n) is 4.33. The summed E-state index contributed by atoms with van der Waals surface area (Å²) >= 11 is 0. The van der Waals surface area contributed by atoms with Crippen molar-refractivity contribution in [2.45, 2.75) is 45.7 Å². The van der Waals surface area contributed by atoms with Gasteiger partial charge in [0.25, 0.3) is 0 Å². The van der Waals surface area contributed by atoms with Gasteiger partial charge in [-0.15, -0.1) is 19.4 Å². The van der Waals surface area contributed by atoms with Crippen molar-refractivity contribution < 1.29 is 13.2 Å². The molecule has 1 unspecified atom stereocenters. The molecule has 30 heavy (non-hydrogen) atoms. The topological polar surface area (TPSA) is 0 Å². The van der Waals surface area contributed by atoms with Crippen molar-refractivity contribution in [2.24, 2.45) is 0 Å². The lowest BCUT2D eigenvalue weighted by Gasteiger charge is -2.33. The number of allylic oxidation sites excluding steroid dienone is 1. The van der Waals surface area contributed by atoms with Gasteiger partial charge in [0.15, 0.2) is 0 Å². The lowest BCUT2D eigenvalue weighted by atomic mass is 9.76. The fourth-order valence-corrected chi connectivity index (χ4v) is 2.89. The van der Waals surface area contributed by atoms with Gasteiger partial charge in [-0.2, -0.15) is 13.2 Å². The maximum atomic E-state index is 13.5. The van der Waals surface area contributed by atoms with Gasteiger partial charge in [0, 0.05) is 0 Å². The van der Waals surface area contributed by atoms with Crippen molar-refractivity contribution in [2.75, 3.05) is 0 Å². The minimum atomic E-state index is -4.31. The van der Waals surface area contributed by atoms with Crippen LogP contribution in [0.25, 0.3) is 10.8 Å². The molecule has 0 fully saturated rings. The fourth-order valence-electron chi connectivity index (χ4n) is 2.89. The molecule has 0 aliphatic rings. The third-order valence-corrected chi connectivity index (χ3v) is 4.33. The second kappa shape index (κ2) is 13.3. The standard InChI is InChI=1S/C17H17F3.C6H6.C2H6.C2H2/c1-12(2)11-16(3,17(18,19)20)15-9-8-13-6-4-5-7-14(13)10-15;1-2-4-6-5-3-1;2*1-2/h4-10H,1,11H2,2-3H3;1-6H;1-2H3;1-2H. The van der Waals surface area contributed by atoms with E-state index in [0.717, 1.165) is 10.8 Å². The van der Waals surface area contributed by atoms with Gasteiger partial charge in [-0.1, -0.05) is 98.3 Å². The highest BCUT2D eigenvalue weighted by Gasteiger charge is 2.51. The van der Waals surface area contributed by atoms with Crippen LogP contribution in [0, 0.1) is 12.8 Å². The van der Waals surface area contributed by atoms with Gasteiger partial charge in [-0.05, 0) is 36.6 Å². The summed E-state index contributed by atoms with van der Waals surface area (Å²) < 4.78 is 40.5. The molecule has 0 spiro atoms. The first-order valence-corrected chi connectivity index (χ1v) is 9.78. The second-order valence-corrected chi connectivity index (χ2v) is 6.68. The van der Waals surface area contributed by atoms with E-state index in [4.69, 9.17) is 0 Å². The van der Waals surface area contributed by atoms with Crippen LogP contribution in [0.5, 0.6) is 0 Å². The Bertz CT molecular complexity index is 865. The molecule has 0 radical (unpaired) electrons. The van der Waals surface area contributed by atoms with Gasteiger partial charge >= 0.3 is 6.18 Å². The van der Waals surface area contributed by atoms with Crippen LogP contribution in [0.2, 0.25) is 0 Å². The summed E-state index contributed by atoms with van der Waals surface area (Å²) in [6.45, 7) is 10.5. The molecule has 0 bridgehead atoms. The SMILES string of the molecule is C#C.C=C(C)CC(C)(c1ccc2ccccc2c1)C(F)(F)F.CC.c1ccccc1. The van der Waals surface area contributed by atoms with Crippen molar-refractivity contribution >= 4 is 10.8 Å². The minimum absolute atomic E-state index is 0.102. The van der Waals surface area contributed by atoms with Crippen LogP contribution in [0.1, 0.15) is 39.7 Å². The number of benzene rings is 3. The summed E-state index contributed by atoms with van der Waals surface area (Å²) in [7, 11) is 0. The first-order valence-electron chi connectivity index (χ1n) is 9.78. The van der Waals surface area contributed by atoms with Gasteiger partial charge in [0.05, 0.1) is 5.41 Å². The largest absolute Gasteiger partial charge is 0.398 e. The Morgan fingerprint density at radius 1 is 0.800 bits per heavy atom. The van der Waals surface area contributed by atoms with Gasteiger partial charge in [0.2, 0.25) is 0 Å². The maximum absolute atomic E-state index is 13.5. The molecule has 3 aromatic rings. The van der Waals surface area contributed by atoms with E-state index in [0.29, 0.717) is 5.57 Å². The van der Waals surface area contributed by atoms with Crippen molar-refractivity contribution in [3.05, 3.63) is 96.6 Å². The monoisotopic (exact) mass is 412 g/mol. The number of alkyl halides is 3. The molecule has 0 amide bonds. The highest BCUT2D eigenvalue weighted by Crippen LogP contribution is 2.45. The molecule has 0 nitrogen and oxygen atoms in total. The first kappa shape index (κ1) is 27.0. The molecule has 0 aromatic heterocycles. The predicted molar refractivity (Wildman–Crippen MR) is 124 cm³/mol. The average Bonchev–Trinajstić information content (AvgIpc) is 2.76. The van der Waals surface area contributed by atoms with Crippen LogP contribution in [0.4, 0.5) is 13.2 Å². The molecule has 3 heteroatoms. The highest BCUT2D eigenvalue weighted by atomic mass is 19.4. The lowest BCUT2D eigenvalue weighted by molar-refractivity contribution is -0.185. The summed E-state index contributed by atoms with van der Waals surface area (Å²) in [5, 5.41) is 1.76. The van der Waals surface area contributed by atoms with Crippen LogP contribution < -0.4 is 0 Å². The molecule has 1 atom stereocenters. The normalized spacial score (nSPS) is 11.9. The van der Waals surface area contributed by atoms with Gasteiger partial charge < -0.3 is 0 Å². The average molecular weight is 413 g/mol. The Balaban J connectivity index is 0.000000702. The quantitative estimate of drug-likeness (QED) is 0.298. The second-order valence-electron chi connectivity index (χ2n) is 6.68. The Kier molecular flexibility index (Phi) is 12.0. The van der Waals surface area contributed by atoms with E-state index in [9.17, 15) is 13.2 Å². The van der Waals surface area contributed by atoms with E-state index in [-0.39, 0.29) is 12.0 Å². The number of rotatable bonds is 3. The van der Waals surface area contributed by atoms with Crippen molar-refractivity contribution in [3.63, 3.8) is 0 Å². The number of terminal acetylenes is 1. The smallest absolute Gasteiger partial charge is 0.170 e. The Morgan fingerprint density at radius 2 is 1.23 bits per heavy atom. The van der Waals surface area contributed by atoms with Crippen molar-refractivity contribution in [1.29, 1.82) is 0 Å². The van der Waals surface area contributed by atoms with Crippen LogP contribution in [0.15, 0.2) is 91.0 Å². The third kappa shape index (κ3) is 7.79. The van der Waals surface area contributed by atoms with Crippen molar-refractivity contribution in [3.8, 4) is 12.8 Å². The molecule has 0 aliphatic carbocycles. The van der Waals surface area contributed by atoms with E-state index in [1.807, 2.05) is 74.5 Å². The zero-order valence-electron chi connectivity index (χ0n) is 18.2. The van der Waals surface area contributed by atoms with Gasteiger partial charge in [0.1, 0.15) is 0 Å². The van der Waals surface area contributed by atoms with Crippen molar-refractivity contribution in [1.82, 2.24) is 0 Å². The van der Waals surface area contributed by atoms with Crippen LogP contribution in [0.3, 0.4) is 0 Å². The first-order chi connectivity index (χ1) is 14.2. The van der Waals surface area contributed by atoms with Crippen LogP contribution in [-0.2, 0) is 5.41 Å². The maximum Gasteiger partial charge on any atom is 0.398 e. The molecule has 3 aromatic carbocycles. The molecular formula is C27H31F3. The summed E-state index contributed by atoms with van der Waals surface area (Å²) in [4.78, 5) is 0. The summed E-state index contributed by atoms with van der Waals surface area (Å²) in [5.74, 6) is 0. The summed E-state index contributed by atoms with van der Waals surface area (Å²) in [6, 6.07) is 24.4. The molecule has 0 aliphatic heterocycles. The fraction of sp³-hybridized carbons (Fsp3) is 0.259. The Hall–Kier alpha value is -2.99.